The number of halogens is 6. The number of amides is 1. The van der Waals surface area contributed by atoms with Crippen LogP contribution in [0.3, 0.4) is 0 Å². The molecule has 0 radical (unpaired) electrons. The lowest BCUT2D eigenvalue weighted by Crippen LogP contribution is -2.75. The highest BCUT2D eigenvalue weighted by Crippen LogP contribution is 2.69. The van der Waals surface area contributed by atoms with E-state index in [1.54, 1.807) is 0 Å². The molecule has 3 aliphatic carbocycles. The zero-order valence-electron chi connectivity index (χ0n) is 18.0. The third kappa shape index (κ3) is 5.65. The van der Waals surface area contributed by atoms with Crippen molar-refractivity contribution in [3.8, 4) is 11.5 Å². The molecule has 13 heteroatoms. The van der Waals surface area contributed by atoms with E-state index in [1.165, 1.54) is 0 Å². The zero-order valence-corrected chi connectivity index (χ0v) is 18.0. The molecule has 2 heterocycles. The minimum Gasteiger partial charge on any atom is -0.484 e. The van der Waals surface area contributed by atoms with Crippen molar-refractivity contribution in [2.45, 2.75) is 43.6 Å². The van der Waals surface area contributed by atoms with Gasteiger partial charge in [-0.2, -0.15) is 26.3 Å². The van der Waals surface area contributed by atoms with E-state index >= 15 is 0 Å². The number of hydrogen-bond acceptors (Lipinski definition) is 6. The number of Topliss-reactive ketones (excluding diaryl/α,β-unsaturated/α-hetero) is 1. The maximum atomic E-state index is 12.5. The summed E-state index contributed by atoms with van der Waals surface area (Å²) in [4.78, 5) is 30.9. The minimum atomic E-state index is -4.57. The van der Waals surface area contributed by atoms with Gasteiger partial charge in [0.2, 0.25) is 0 Å². The first-order chi connectivity index (χ1) is 16.3. The fourth-order valence-electron chi connectivity index (χ4n) is 4.70. The molecule has 0 saturated heterocycles. The second kappa shape index (κ2) is 8.68. The Labute approximate surface area is 194 Å². The van der Waals surface area contributed by atoms with Crippen molar-refractivity contribution < 1.29 is 45.4 Å². The molecular formula is C22H19F6N3O4. The number of hydrogen-bond donors (Lipinski definition) is 1. The molecule has 2 aromatic heterocycles. The van der Waals surface area contributed by atoms with Gasteiger partial charge in [0.25, 0.3) is 5.91 Å². The molecule has 1 amide bonds. The molecule has 0 aliphatic heterocycles. The molecule has 1 N–H and O–H groups in total. The number of carbonyl (C=O) groups excluding carboxylic acids is 2. The molecule has 5 rings (SSSR count). The molecular weight excluding hydrogens is 484 g/mol. The number of aromatic nitrogens is 2. The summed E-state index contributed by atoms with van der Waals surface area (Å²) in [5.74, 6) is -0.586. The fraction of sp³-hybridized carbons (Fsp3) is 0.455. The van der Waals surface area contributed by atoms with Crippen LogP contribution in [-0.2, 0) is 21.9 Å². The van der Waals surface area contributed by atoms with E-state index in [9.17, 15) is 35.9 Å². The summed E-state index contributed by atoms with van der Waals surface area (Å²) in [5.41, 5.74) is -2.80. The van der Waals surface area contributed by atoms with Crippen LogP contribution in [0.5, 0.6) is 11.5 Å². The standard InChI is InChI=1S/C22H19F6N3O4/c23-21(24,25)16-3-1-14(6-29-16)34-8-13(32)5-19-10-20(11-19,12-19)31-18(33)9-35-15-2-4-17(30-7-15)22(26,27)28/h1-4,6-7H,5,8-12H2,(H,31,33). The van der Waals surface area contributed by atoms with Crippen molar-refractivity contribution in [1.29, 1.82) is 0 Å². The molecule has 2 bridgehead atoms. The Morgan fingerprint density at radius 3 is 1.74 bits per heavy atom. The van der Waals surface area contributed by atoms with Crippen molar-refractivity contribution in [2.75, 3.05) is 13.2 Å². The van der Waals surface area contributed by atoms with E-state index in [0.29, 0.717) is 19.3 Å². The number of ketones is 1. The Bertz CT molecular complexity index is 995. The lowest BCUT2D eigenvalue weighted by atomic mass is 9.38. The summed E-state index contributed by atoms with van der Waals surface area (Å²) in [6.07, 6.45) is -5.36. The van der Waals surface area contributed by atoms with Gasteiger partial charge < -0.3 is 14.8 Å². The number of alkyl halides is 6. The highest BCUT2D eigenvalue weighted by molar-refractivity contribution is 5.82. The monoisotopic (exact) mass is 503 g/mol. The van der Waals surface area contributed by atoms with Crippen LogP contribution >= 0.6 is 0 Å². The van der Waals surface area contributed by atoms with Gasteiger partial charge in [-0.1, -0.05) is 0 Å². The molecule has 188 valence electrons. The molecule has 2 aromatic rings. The maximum absolute atomic E-state index is 12.5. The Morgan fingerprint density at radius 2 is 1.31 bits per heavy atom. The summed E-state index contributed by atoms with van der Waals surface area (Å²) in [6.45, 7) is -0.696. The van der Waals surface area contributed by atoms with Crippen LogP contribution in [0.15, 0.2) is 36.7 Å². The summed E-state index contributed by atoms with van der Waals surface area (Å²) in [7, 11) is 0. The molecule has 3 fully saturated rings. The summed E-state index contributed by atoms with van der Waals surface area (Å²) >= 11 is 0. The van der Waals surface area contributed by atoms with Crippen LogP contribution in [0, 0.1) is 5.41 Å². The number of rotatable bonds is 9. The predicted octanol–water partition coefficient (Wildman–Crippen LogP) is 3.97. The van der Waals surface area contributed by atoms with E-state index in [2.05, 4.69) is 15.3 Å². The van der Waals surface area contributed by atoms with Crippen molar-refractivity contribution >= 4 is 11.7 Å². The van der Waals surface area contributed by atoms with Gasteiger partial charge in [-0.05, 0) is 48.9 Å². The SMILES string of the molecule is O=C(COc1ccc(C(F)(F)F)nc1)CC12CC(NC(=O)COc3ccc(C(F)(F)F)nc3)(C1)C2. The van der Waals surface area contributed by atoms with Gasteiger partial charge >= 0.3 is 12.4 Å². The van der Waals surface area contributed by atoms with Gasteiger partial charge in [0, 0.05) is 12.0 Å². The number of nitrogens with zero attached hydrogens (tertiary/aromatic N) is 2. The number of pyridine rings is 2. The molecule has 35 heavy (non-hydrogen) atoms. The van der Waals surface area contributed by atoms with Crippen LogP contribution in [0.4, 0.5) is 26.3 Å². The van der Waals surface area contributed by atoms with Crippen LogP contribution in [0.2, 0.25) is 0 Å². The van der Waals surface area contributed by atoms with Crippen molar-refractivity contribution in [3.63, 3.8) is 0 Å². The smallest absolute Gasteiger partial charge is 0.433 e. The zero-order chi connectivity index (χ0) is 25.5. The molecule has 0 spiro atoms. The average molecular weight is 503 g/mol. The molecule has 0 aromatic carbocycles. The largest absolute Gasteiger partial charge is 0.484 e. The molecule has 3 aliphatic rings. The first-order valence-corrected chi connectivity index (χ1v) is 10.4. The van der Waals surface area contributed by atoms with Gasteiger partial charge in [-0.15, -0.1) is 0 Å². The van der Waals surface area contributed by atoms with Crippen LogP contribution in [-0.4, -0.2) is 40.4 Å². The Morgan fingerprint density at radius 1 is 0.829 bits per heavy atom. The third-order valence-electron chi connectivity index (χ3n) is 5.94. The summed E-state index contributed by atoms with van der Waals surface area (Å²) in [5, 5.41) is 2.83. The maximum Gasteiger partial charge on any atom is 0.433 e. The van der Waals surface area contributed by atoms with Crippen molar-refractivity contribution in [2.24, 2.45) is 5.41 Å². The van der Waals surface area contributed by atoms with E-state index in [-0.39, 0.29) is 35.7 Å². The predicted molar refractivity (Wildman–Crippen MR) is 106 cm³/mol. The topological polar surface area (TPSA) is 90.4 Å². The molecule has 0 unspecified atom stereocenters. The first kappa shape index (κ1) is 24.7. The number of carbonyl (C=O) groups is 2. The van der Waals surface area contributed by atoms with Gasteiger partial charge in [0.15, 0.2) is 12.4 Å². The molecule has 7 nitrogen and oxygen atoms in total. The number of nitrogens with one attached hydrogen (secondary N) is 1. The fourth-order valence-corrected chi connectivity index (χ4v) is 4.70. The van der Waals surface area contributed by atoms with Crippen LogP contribution in [0.25, 0.3) is 0 Å². The van der Waals surface area contributed by atoms with Crippen LogP contribution in [0.1, 0.15) is 37.1 Å². The van der Waals surface area contributed by atoms with Crippen molar-refractivity contribution in [3.05, 3.63) is 48.0 Å². The summed E-state index contributed by atoms with van der Waals surface area (Å²) < 4.78 is 85.5. The Hall–Kier alpha value is -3.38. The van der Waals surface area contributed by atoms with Crippen molar-refractivity contribution in [1.82, 2.24) is 15.3 Å². The first-order valence-electron chi connectivity index (χ1n) is 10.4. The van der Waals surface area contributed by atoms with E-state index in [0.717, 1.165) is 36.7 Å². The van der Waals surface area contributed by atoms with E-state index < -0.39 is 41.8 Å². The number of ether oxygens (including phenoxy) is 2. The second-order valence-corrected chi connectivity index (χ2v) is 8.91. The minimum absolute atomic E-state index is 0.0241. The van der Waals surface area contributed by atoms with Gasteiger partial charge in [0.05, 0.1) is 12.4 Å². The lowest BCUT2D eigenvalue weighted by molar-refractivity contribution is -0.173. The highest BCUT2D eigenvalue weighted by Gasteiger charge is 2.68. The van der Waals surface area contributed by atoms with Gasteiger partial charge in [0.1, 0.15) is 29.5 Å². The Kier molecular flexibility index (Phi) is 6.14. The quantitative estimate of drug-likeness (QED) is 0.521. The molecule has 0 atom stereocenters. The van der Waals surface area contributed by atoms with Gasteiger partial charge in [-0.25, -0.2) is 9.97 Å². The highest BCUT2D eigenvalue weighted by atomic mass is 19.4. The summed E-state index contributed by atoms with van der Waals surface area (Å²) in [6, 6.07) is 3.70. The van der Waals surface area contributed by atoms with E-state index in [1.807, 2.05) is 0 Å². The lowest BCUT2D eigenvalue weighted by Gasteiger charge is -2.70. The average Bonchev–Trinajstić information content (AvgIpc) is 2.73. The van der Waals surface area contributed by atoms with E-state index in [4.69, 9.17) is 9.47 Å². The normalized spacial score (nSPS) is 23.0. The Balaban J connectivity index is 1.15. The van der Waals surface area contributed by atoms with Gasteiger partial charge in [-0.3, -0.25) is 9.59 Å². The van der Waals surface area contributed by atoms with Crippen LogP contribution < -0.4 is 14.8 Å². The third-order valence-corrected chi connectivity index (χ3v) is 5.94. The second-order valence-electron chi connectivity index (χ2n) is 8.91. The molecule has 3 saturated carbocycles.